The highest BCUT2D eigenvalue weighted by molar-refractivity contribution is 6.58. The molecule has 1 fully saturated rings. The minimum absolute atomic E-state index is 0.0575. The Labute approximate surface area is 128 Å². The average molecular weight is 311 g/mol. The summed E-state index contributed by atoms with van der Waals surface area (Å²) in [6.45, 7) is 1.83. The summed E-state index contributed by atoms with van der Waals surface area (Å²) in [7, 11) is -1.57. The molecule has 1 aromatic carbocycles. The molecule has 1 atom stereocenters. The van der Waals surface area contributed by atoms with Crippen LogP contribution >= 0.6 is 0 Å². The van der Waals surface area contributed by atoms with E-state index in [-0.39, 0.29) is 30.7 Å². The molecule has 0 aromatic heterocycles. The fourth-order valence-electron chi connectivity index (χ4n) is 2.78. The third kappa shape index (κ3) is 4.27. The first-order chi connectivity index (χ1) is 10.3. The predicted octanol–water partition coefficient (Wildman–Crippen LogP) is 1.31. The molecule has 1 aromatic rings. The van der Waals surface area contributed by atoms with Gasteiger partial charge in [0, 0.05) is 24.4 Å². The SMILES string of the molecule is CC(NC(=O)c1ccc(B(O)O)cc1)C1CCC(F)(F)CC1. The lowest BCUT2D eigenvalue weighted by Gasteiger charge is -2.32. The van der Waals surface area contributed by atoms with Crippen LogP contribution in [0.3, 0.4) is 0 Å². The molecule has 1 saturated carbocycles. The molecule has 1 aliphatic rings. The first-order valence-corrected chi connectivity index (χ1v) is 7.43. The van der Waals surface area contributed by atoms with Crippen molar-refractivity contribution in [3.8, 4) is 0 Å². The molecular formula is C15H20BF2NO3. The fraction of sp³-hybridized carbons (Fsp3) is 0.533. The number of alkyl halides is 2. The molecule has 0 radical (unpaired) electrons. The van der Waals surface area contributed by atoms with E-state index in [0.29, 0.717) is 23.9 Å². The van der Waals surface area contributed by atoms with Crippen LogP contribution in [-0.4, -0.2) is 35.0 Å². The second-order valence-electron chi connectivity index (χ2n) is 5.95. The molecule has 0 spiro atoms. The number of halogens is 2. The first kappa shape index (κ1) is 16.9. The number of amides is 1. The van der Waals surface area contributed by atoms with Gasteiger partial charge in [0.05, 0.1) is 0 Å². The molecule has 1 aliphatic carbocycles. The van der Waals surface area contributed by atoms with Crippen LogP contribution in [-0.2, 0) is 0 Å². The van der Waals surface area contributed by atoms with Crippen LogP contribution in [0.15, 0.2) is 24.3 Å². The van der Waals surface area contributed by atoms with Gasteiger partial charge in [0.1, 0.15) is 0 Å². The summed E-state index contributed by atoms with van der Waals surface area (Å²) in [5.41, 5.74) is 0.705. The van der Waals surface area contributed by atoms with Crippen molar-refractivity contribution in [1.29, 1.82) is 0 Å². The largest absolute Gasteiger partial charge is 0.488 e. The molecule has 1 unspecified atom stereocenters. The predicted molar refractivity (Wildman–Crippen MR) is 80.1 cm³/mol. The van der Waals surface area contributed by atoms with E-state index >= 15 is 0 Å². The Morgan fingerprint density at radius 2 is 1.82 bits per heavy atom. The minimum atomic E-state index is -2.57. The fourth-order valence-corrected chi connectivity index (χ4v) is 2.78. The Bertz CT molecular complexity index is 512. The third-order valence-electron chi connectivity index (χ3n) is 4.30. The molecule has 0 heterocycles. The lowest BCUT2D eigenvalue weighted by Crippen LogP contribution is -2.41. The zero-order valence-corrected chi connectivity index (χ0v) is 12.4. The van der Waals surface area contributed by atoms with Crippen LogP contribution in [0.1, 0.15) is 43.0 Å². The van der Waals surface area contributed by atoms with Crippen molar-refractivity contribution in [2.24, 2.45) is 5.92 Å². The van der Waals surface area contributed by atoms with Crippen LogP contribution in [0.25, 0.3) is 0 Å². The zero-order chi connectivity index (χ0) is 16.3. The van der Waals surface area contributed by atoms with E-state index < -0.39 is 13.0 Å². The molecule has 3 N–H and O–H groups in total. The maximum atomic E-state index is 13.1. The van der Waals surface area contributed by atoms with Crippen molar-refractivity contribution in [2.45, 2.75) is 44.6 Å². The van der Waals surface area contributed by atoms with E-state index in [9.17, 15) is 13.6 Å². The Balaban J connectivity index is 1.91. The third-order valence-corrected chi connectivity index (χ3v) is 4.30. The quantitative estimate of drug-likeness (QED) is 0.734. The van der Waals surface area contributed by atoms with Gasteiger partial charge in [-0.05, 0) is 43.3 Å². The molecule has 7 heteroatoms. The summed E-state index contributed by atoms with van der Waals surface area (Å²) in [6.07, 6.45) is 0.566. The monoisotopic (exact) mass is 311 g/mol. The summed E-state index contributed by atoms with van der Waals surface area (Å²) in [5.74, 6) is -2.80. The number of carbonyl (C=O) groups excluding carboxylic acids is 1. The van der Waals surface area contributed by atoms with Crippen LogP contribution in [0, 0.1) is 5.92 Å². The molecule has 120 valence electrons. The smallest absolute Gasteiger partial charge is 0.423 e. The van der Waals surface area contributed by atoms with E-state index in [1.54, 1.807) is 0 Å². The van der Waals surface area contributed by atoms with Crippen molar-refractivity contribution < 1.29 is 23.6 Å². The standard InChI is InChI=1S/C15H20BF2NO3/c1-10(11-6-8-15(17,18)9-7-11)19-14(20)12-2-4-13(5-3-12)16(21)22/h2-5,10-11,21-22H,6-9H2,1H3,(H,19,20). The summed E-state index contributed by atoms with van der Waals surface area (Å²) in [4.78, 5) is 12.1. The van der Waals surface area contributed by atoms with Gasteiger partial charge in [0.2, 0.25) is 5.92 Å². The number of hydrogen-bond donors (Lipinski definition) is 3. The molecule has 0 bridgehead atoms. The summed E-state index contributed by atoms with van der Waals surface area (Å²) in [5, 5.41) is 20.8. The van der Waals surface area contributed by atoms with E-state index in [1.165, 1.54) is 24.3 Å². The van der Waals surface area contributed by atoms with Gasteiger partial charge in [-0.15, -0.1) is 0 Å². The van der Waals surface area contributed by atoms with E-state index in [0.717, 1.165) is 0 Å². The van der Waals surface area contributed by atoms with Crippen LogP contribution in [0.2, 0.25) is 0 Å². The molecule has 2 rings (SSSR count). The van der Waals surface area contributed by atoms with Gasteiger partial charge >= 0.3 is 7.12 Å². The second kappa shape index (κ2) is 6.75. The summed E-state index contributed by atoms with van der Waals surface area (Å²) in [6, 6.07) is 5.76. The van der Waals surface area contributed by atoms with Crippen molar-refractivity contribution >= 4 is 18.5 Å². The lowest BCUT2D eigenvalue weighted by atomic mass is 9.80. The number of rotatable bonds is 4. The van der Waals surface area contributed by atoms with Crippen LogP contribution in [0.5, 0.6) is 0 Å². The Morgan fingerprint density at radius 3 is 2.32 bits per heavy atom. The first-order valence-electron chi connectivity index (χ1n) is 7.43. The average Bonchev–Trinajstić information content (AvgIpc) is 2.47. The van der Waals surface area contributed by atoms with Crippen molar-refractivity contribution in [3.05, 3.63) is 29.8 Å². The second-order valence-corrected chi connectivity index (χ2v) is 5.95. The van der Waals surface area contributed by atoms with Crippen LogP contribution in [0.4, 0.5) is 8.78 Å². The highest BCUT2D eigenvalue weighted by Gasteiger charge is 2.36. The van der Waals surface area contributed by atoms with E-state index in [1.807, 2.05) is 6.92 Å². The van der Waals surface area contributed by atoms with Crippen LogP contribution < -0.4 is 10.8 Å². The minimum Gasteiger partial charge on any atom is -0.423 e. The Kier molecular flexibility index (Phi) is 5.18. The van der Waals surface area contributed by atoms with Gasteiger partial charge in [0.15, 0.2) is 0 Å². The molecule has 0 saturated heterocycles. The zero-order valence-electron chi connectivity index (χ0n) is 12.4. The highest BCUT2D eigenvalue weighted by Crippen LogP contribution is 2.37. The Morgan fingerprint density at radius 1 is 1.27 bits per heavy atom. The van der Waals surface area contributed by atoms with Gasteiger partial charge in [-0.25, -0.2) is 8.78 Å². The molecule has 1 amide bonds. The molecule has 4 nitrogen and oxygen atoms in total. The van der Waals surface area contributed by atoms with Crippen molar-refractivity contribution in [2.75, 3.05) is 0 Å². The topological polar surface area (TPSA) is 69.6 Å². The number of nitrogens with one attached hydrogen (secondary N) is 1. The van der Waals surface area contributed by atoms with Gasteiger partial charge < -0.3 is 15.4 Å². The van der Waals surface area contributed by atoms with Crippen molar-refractivity contribution in [1.82, 2.24) is 5.32 Å². The van der Waals surface area contributed by atoms with Gasteiger partial charge in [-0.3, -0.25) is 4.79 Å². The lowest BCUT2D eigenvalue weighted by molar-refractivity contribution is -0.0485. The number of hydrogen-bond acceptors (Lipinski definition) is 3. The Hall–Kier alpha value is -1.47. The van der Waals surface area contributed by atoms with Gasteiger partial charge in [-0.1, -0.05) is 12.1 Å². The molecular weight excluding hydrogens is 291 g/mol. The number of carbonyl (C=O) groups is 1. The highest BCUT2D eigenvalue weighted by atomic mass is 19.3. The number of benzene rings is 1. The van der Waals surface area contributed by atoms with E-state index in [4.69, 9.17) is 10.0 Å². The normalized spacial score (nSPS) is 19.5. The maximum absolute atomic E-state index is 13.1. The molecule has 22 heavy (non-hydrogen) atoms. The summed E-state index contributed by atoms with van der Waals surface area (Å²) < 4.78 is 26.3. The maximum Gasteiger partial charge on any atom is 0.488 e. The summed E-state index contributed by atoms with van der Waals surface area (Å²) >= 11 is 0. The van der Waals surface area contributed by atoms with Gasteiger partial charge in [0.25, 0.3) is 5.91 Å². The van der Waals surface area contributed by atoms with Gasteiger partial charge in [-0.2, -0.15) is 0 Å². The van der Waals surface area contributed by atoms with E-state index in [2.05, 4.69) is 5.32 Å². The van der Waals surface area contributed by atoms with Crippen molar-refractivity contribution in [3.63, 3.8) is 0 Å². The molecule has 0 aliphatic heterocycles.